The molecule has 182 valence electrons. The summed E-state index contributed by atoms with van der Waals surface area (Å²) in [5, 5.41) is 13.6. The smallest absolute Gasteiger partial charge is 0.343 e. The summed E-state index contributed by atoms with van der Waals surface area (Å²) in [5.74, 6) is -0.705. The molecule has 0 bridgehead atoms. The third-order valence-electron chi connectivity index (χ3n) is 7.76. The number of fused-ring (bicyclic) bond motifs is 5. The minimum Gasteiger partial charge on any atom is -0.458 e. The van der Waals surface area contributed by atoms with Gasteiger partial charge in [-0.1, -0.05) is 74.1 Å². The van der Waals surface area contributed by atoms with Crippen LogP contribution in [0.1, 0.15) is 35.6 Å². The molecule has 2 aromatic heterocycles. The van der Waals surface area contributed by atoms with Crippen LogP contribution in [0.3, 0.4) is 0 Å². The van der Waals surface area contributed by atoms with Gasteiger partial charge in [0.25, 0.3) is 5.56 Å². The van der Waals surface area contributed by atoms with Gasteiger partial charge in [-0.3, -0.25) is 4.79 Å². The number of rotatable bonds is 4. The van der Waals surface area contributed by atoms with E-state index >= 15 is 0 Å². The maximum atomic E-state index is 13.7. The second kappa shape index (κ2) is 7.98. The molecule has 2 aliphatic rings. The van der Waals surface area contributed by atoms with E-state index in [1.54, 1.807) is 17.6 Å². The number of esters is 1. The summed E-state index contributed by atoms with van der Waals surface area (Å²) in [4.78, 5) is 31.2. The molecule has 6 rings (SSSR count). The first-order valence-corrected chi connectivity index (χ1v) is 15.6. The fourth-order valence-electron chi connectivity index (χ4n) is 6.00. The summed E-state index contributed by atoms with van der Waals surface area (Å²) in [6, 6.07) is 21.5. The molecule has 1 atom stereocenters. The van der Waals surface area contributed by atoms with Crippen molar-refractivity contribution in [1.82, 2.24) is 9.55 Å². The van der Waals surface area contributed by atoms with E-state index in [1.807, 2.05) is 24.3 Å². The Balaban J connectivity index is 1.61. The lowest BCUT2D eigenvalue weighted by Crippen LogP contribution is -2.47. The zero-order valence-corrected chi connectivity index (χ0v) is 21.7. The highest BCUT2D eigenvalue weighted by molar-refractivity contribution is 6.91. The van der Waals surface area contributed by atoms with Crippen LogP contribution in [-0.2, 0) is 34.3 Å². The van der Waals surface area contributed by atoms with Crippen molar-refractivity contribution < 1.29 is 14.6 Å². The molecule has 0 fully saturated rings. The number of hydrogen-bond donors (Lipinski definition) is 1. The topological polar surface area (TPSA) is 81.4 Å². The van der Waals surface area contributed by atoms with E-state index in [-0.39, 0.29) is 18.6 Å². The van der Waals surface area contributed by atoms with E-state index < -0.39 is 19.6 Å². The van der Waals surface area contributed by atoms with Crippen molar-refractivity contribution in [2.75, 3.05) is 0 Å². The molecule has 0 aliphatic carbocycles. The lowest BCUT2D eigenvalue weighted by molar-refractivity contribution is -0.172. The van der Waals surface area contributed by atoms with Gasteiger partial charge in [-0.05, 0) is 40.7 Å². The Morgan fingerprint density at radius 1 is 1.06 bits per heavy atom. The monoisotopic (exact) mass is 496 g/mol. The quantitative estimate of drug-likeness (QED) is 0.303. The molecule has 0 amide bonds. The first-order chi connectivity index (χ1) is 17.2. The van der Waals surface area contributed by atoms with Crippen LogP contribution in [0.15, 0.2) is 65.5 Å². The summed E-state index contributed by atoms with van der Waals surface area (Å²) >= 11 is 0. The average molecular weight is 497 g/mol. The molecule has 2 aliphatic heterocycles. The van der Waals surface area contributed by atoms with Crippen molar-refractivity contribution in [2.45, 2.75) is 51.2 Å². The highest BCUT2D eigenvalue weighted by Gasteiger charge is 2.46. The van der Waals surface area contributed by atoms with Crippen LogP contribution in [0.4, 0.5) is 0 Å². The van der Waals surface area contributed by atoms with Crippen molar-refractivity contribution in [3.8, 4) is 11.4 Å². The second-order valence-corrected chi connectivity index (χ2v) is 15.1. The molecule has 0 radical (unpaired) electrons. The third kappa shape index (κ3) is 3.23. The molecule has 1 N–H and O–H groups in total. The normalized spacial score (nSPS) is 18.5. The molecule has 0 spiro atoms. The zero-order valence-electron chi connectivity index (χ0n) is 20.7. The predicted molar refractivity (Wildman–Crippen MR) is 142 cm³/mol. The maximum Gasteiger partial charge on any atom is 0.343 e. The summed E-state index contributed by atoms with van der Waals surface area (Å²) in [7, 11) is -2.06. The molecule has 2 aromatic carbocycles. The van der Waals surface area contributed by atoms with Gasteiger partial charge < -0.3 is 14.4 Å². The van der Waals surface area contributed by atoms with Gasteiger partial charge >= 0.3 is 5.97 Å². The van der Waals surface area contributed by atoms with Crippen LogP contribution in [0.5, 0.6) is 0 Å². The molecule has 4 heterocycles. The van der Waals surface area contributed by atoms with E-state index in [0.29, 0.717) is 23.4 Å². The Hall–Kier alpha value is -3.55. The van der Waals surface area contributed by atoms with Crippen LogP contribution in [0, 0.1) is 0 Å². The van der Waals surface area contributed by atoms with E-state index in [1.165, 1.54) is 10.8 Å². The van der Waals surface area contributed by atoms with Crippen LogP contribution in [0.25, 0.3) is 22.3 Å². The molecular formula is C29H28N2O4Si. The zero-order chi connectivity index (χ0) is 25.2. The van der Waals surface area contributed by atoms with Crippen molar-refractivity contribution >= 4 is 30.1 Å². The number of carbonyl (C=O) groups is 1. The average Bonchev–Trinajstić information content (AvgIpc) is 3.23. The number of hydrogen-bond acceptors (Lipinski definition) is 5. The van der Waals surface area contributed by atoms with Crippen molar-refractivity contribution in [3.05, 3.63) is 93.3 Å². The lowest BCUT2D eigenvalue weighted by Gasteiger charge is -2.31. The number of cyclic esters (lactones) is 1. The van der Waals surface area contributed by atoms with Crippen LogP contribution < -0.4 is 10.7 Å². The fraction of sp³-hybridized carbons (Fsp3) is 0.276. The summed E-state index contributed by atoms with van der Waals surface area (Å²) < 4.78 is 6.96. The molecule has 7 heteroatoms. The number of pyridine rings is 2. The first kappa shape index (κ1) is 22.9. The van der Waals surface area contributed by atoms with Gasteiger partial charge in [-0.2, -0.15) is 0 Å². The summed E-state index contributed by atoms with van der Waals surface area (Å²) in [5.41, 5.74) is 3.35. The molecular weight excluding hydrogens is 468 g/mol. The molecule has 0 saturated heterocycles. The highest BCUT2D eigenvalue weighted by Crippen LogP contribution is 2.39. The highest BCUT2D eigenvalue weighted by atomic mass is 28.3. The van der Waals surface area contributed by atoms with E-state index in [2.05, 4.69) is 43.4 Å². The number of ether oxygens (including phenoxy) is 1. The summed E-state index contributed by atoms with van der Waals surface area (Å²) in [6.45, 7) is 6.77. The van der Waals surface area contributed by atoms with Gasteiger partial charge in [-0.25, -0.2) is 9.78 Å². The Bertz CT molecular complexity index is 1610. The lowest BCUT2D eigenvalue weighted by atomic mass is 9.86. The van der Waals surface area contributed by atoms with E-state index in [4.69, 9.17) is 9.72 Å². The van der Waals surface area contributed by atoms with Gasteiger partial charge in [0.1, 0.15) is 6.61 Å². The van der Waals surface area contributed by atoms with Gasteiger partial charge in [-0.15, -0.1) is 0 Å². The standard InChI is InChI=1S/C29H28N2O4Si/c1-4-29(34)22-14-24-25-20(15-31(24)27(32)21(22)16-35-28(29)33)26(19-12-8-9-13-23(19)30-25)36(2,3)17-18-10-6-5-7-11-18/h5-14,34H,4,15-17H2,1-3H3/t29-/m0/s1. The second-order valence-electron chi connectivity index (χ2n) is 10.5. The number of aliphatic hydroxyl groups is 1. The largest absolute Gasteiger partial charge is 0.458 e. The SMILES string of the molecule is CC[C@@]1(O)C(=O)OCc2c1cc1n(c2=O)Cc2c-1nc1ccccc1c2[Si](C)(C)Cc1ccccc1. The Kier molecular flexibility index (Phi) is 5.07. The minimum absolute atomic E-state index is 0.123. The van der Waals surface area contributed by atoms with E-state index in [0.717, 1.165) is 28.2 Å². The Labute approximate surface area is 210 Å². The van der Waals surface area contributed by atoms with Gasteiger partial charge in [0, 0.05) is 5.56 Å². The third-order valence-corrected chi connectivity index (χ3v) is 11.0. The van der Waals surface area contributed by atoms with Gasteiger partial charge in [0.15, 0.2) is 5.60 Å². The molecule has 36 heavy (non-hydrogen) atoms. The maximum absolute atomic E-state index is 13.7. The van der Waals surface area contributed by atoms with Crippen LogP contribution in [-0.4, -0.2) is 28.7 Å². The van der Waals surface area contributed by atoms with E-state index in [9.17, 15) is 14.7 Å². The molecule has 0 saturated carbocycles. The molecule has 0 unspecified atom stereocenters. The molecule has 6 nitrogen and oxygen atoms in total. The predicted octanol–water partition coefficient (Wildman–Crippen LogP) is 3.78. The number of nitrogens with zero attached hydrogens (tertiary/aromatic N) is 2. The van der Waals surface area contributed by atoms with Gasteiger partial charge in [0.05, 0.1) is 37.1 Å². The minimum atomic E-state index is -2.06. The fourth-order valence-corrected chi connectivity index (χ4v) is 9.38. The first-order valence-electron chi connectivity index (χ1n) is 12.4. The summed E-state index contributed by atoms with van der Waals surface area (Å²) in [6.07, 6.45) is 0.127. The van der Waals surface area contributed by atoms with Crippen LogP contribution in [0.2, 0.25) is 13.1 Å². The van der Waals surface area contributed by atoms with Crippen molar-refractivity contribution in [2.24, 2.45) is 0 Å². The van der Waals surface area contributed by atoms with Gasteiger partial charge in [0.2, 0.25) is 0 Å². The number of benzene rings is 2. The Morgan fingerprint density at radius 2 is 1.78 bits per heavy atom. The Morgan fingerprint density at radius 3 is 2.53 bits per heavy atom. The number of carbonyl (C=O) groups excluding carboxylic acids is 1. The number of para-hydroxylation sites is 1. The van der Waals surface area contributed by atoms with Crippen molar-refractivity contribution in [1.29, 1.82) is 0 Å². The number of aromatic nitrogens is 2. The molecule has 4 aromatic rings. The van der Waals surface area contributed by atoms with Crippen molar-refractivity contribution in [3.63, 3.8) is 0 Å². The van der Waals surface area contributed by atoms with Crippen LogP contribution >= 0.6 is 0 Å².